The van der Waals surface area contributed by atoms with Gasteiger partial charge in [-0.1, -0.05) is 48.0 Å². The average molecular weight is 377 g/mol. The molecule has 0 radical (unpaired) electrons. The molecule has 2 N–H and O–H groups in total. The highest BCUT2D eigenvalue weighted by molar-refractivity contribution is 5.93. The molecule has 28 heavy (non-hydrogen) atoms. The molecule has 0 spiro atoms. The van der Waals surface area contributed by atoms with E-state index in [1.54, 1.807) is 0 Å². The van der Waals surface area contributed by atoms with Gasteiger partial charge in [0.1, 0.15) is 0 Å². The second kappa shape index (κ2) is 8.29. The molecule has 1 unspecified atom stereocenters. The Kier molecular flexibility index (Phi) is 5.60. The van der Waals surface area contributed by atoms with E-state index >= 15 is 0 Å². The molecular formula is C24H28N2O2. The van der Waals surface area contributed by atoms with Crippen molar-refractivity contribution < 1.29 is 9.90 Å². The summed E-state index contributed by atoms with van der Waals surface area (Å²) in [4.78, 5) is 13.9. The molecule has 4 heteroatoms. The van der Waals surface area contributed by atoms with Crippen LogP contribution in [0.15, 0.2) is 48.5 Å². The Labute approximate surface area is 166 Å². The summed E-state index contributed by atoms with van der Waals surface area (Å²) in [5.74, 6) is 0.0731. The van der Waals surface area contributed by atoms with E-state index < -0.39 is 6.10 Å². The molecule has 4 rings (SSSR count). The van der Waals surface area contributed by atoms with Crippen LogP contribution in [-0.2, 0) is 11.2 Å². The first kappa shape index (κ1) is 18.9. The molecule has 2 aliphatic heterocycles. The third-order valence-electron chi connectivity index (χ3n) is 5.84. The van der Waals surface area contributed by atoms with Crippen molar-refractivity contribution in [2.45, 2.75) is 38.7 Å². The number of nitrogens with one attached hydrogen (secondary N) is 1. The Bertz CT molecular complexity index is 886. The molecule has 2 heterocycles. The van der Waals surface area contributed by atoms with Gasteiger partial charge in [-0.05, 0) is 54.5 Å². The Morgan fingerprint density at radius 2 is 1.93 bits per heavy atom. The van der Waals surface area contributed by atoms with E-state index in [0.29, 0.717) is 6.42 Å². The number of rotatable bonds is 5. The van der Waals surface area contributed by atoms with Crippen LogP contribution in [0.3, 0.4) is 0 Å². The van der Waals surface area contributed by atoms with E-state index in [0.717, 1.165) is 55.7 Å². The van der Waals surface area contributed by atoms with Crippen LogP contribution in [0.25, 0.3) is 5.57 Å². The molecule has 1 atom stereocenters. The molecule has 0 saturated heterocycles. The van der Waals surface area contributed by atoms with Gasteiger partial charge >= 0.3 is 0 Å². The predicted molar refractivity (Wildman–Crippen MR) is 113 cm³/mol. The van der Waals surface area contributed by atoms with Crippen molar-refractivity contribution in [2.24, 2.45) is 0 Å². The number of hydrogen-bond donors (Lipinski definition) is 2. The number of nitrogens with zero attached hydrogens (tertiary/aromatic N) is 1. The van der Waals surface area contributed by atoms with E-state index in [1.165, 1.54) is 16.7 Å². The van der Waals surface area contributed by atoms with Crippen molar-refractivity contribution in [3.8, 4) is 0 Å². The summed E-state index contributed by atoms with van der Waals surface area (Å²) in [6.07, 6.45) is 4.90. The largest absolute Gasteiger partial charge is 0.388 e. The zero-order valence-corrected chi connectivity index (χ0v) is 16.4. The molecular weight excluding hydrogens is 348 g/mol. The summed E-state index contributed by atoms with van der Waals surface area (Å²) in [7, 11) is 0. The molecule has 0 bridgehead atoms. The highest BCUT2D eigenvalue weighted by Gasteiger charge is 2.18. The summed E-state index contributed by atoms with van der Waals surface area (Å²) in [5, 5.41) is 13.5. The number of carbonyl (C=O) groups is 1. The SMILES string of the molecule is Cc1ccc(C2=CCN(CCC(O)c3ccc4c(c3)CCC(=O)N4)CC2)cc1. The quantitative estimate of drug-likeness (QED) is 0.826. The molecule has 2 aromatic carbocycles. The van der Waals surface area contributed by atoms with Gasteiger partial charge in [-0.2, -0.15) is 0 Å². The lowest BCUT2D eigenvalue weighted by Crippen LogP contribution is -2.30. The van der Waals surface area contributed by atoms with Gasteiger partial charge in [0.25, 0.3) is 0 Å². The molecule has 2 aromatic rings. The first-order valence-corrected chi connectivity index (χ1v) is 10.2. The zero-order valence-electron chi connectivity index (χ0n) is 16.4. The van der Waals surface area contributed by atoms with E-state index in [9.17, 15) is 9.90 Å². The van der Waals surface area contributed by atoms with Gasteiger partial charge in [0.15, 0.2) is 0 Å². The number of hydrogen-bond acceptors (Lipinski definition) is 3. The minimum atomic E-state index is -0.467. The van der Waals surface area contributed by atoms with Gasteiger partial charge in [-0.3, -0.25) is 9.69 Å². The third kappa shape index (κ3) is 4.34. The van der Waals surface area contributed by atoms with Crippen LogP contribution in [-0.4, -0.2) is 35.5 Å². The normalized spacial score (nSPS) is 18.2. The van der Waals surface area contributed by atoms with Crippen molar-refractivity contribution >= 4 is 17.2 Å². The highest BCUT2D eigenvalue weighted by Crippen LogP contribution is 2.28. The van der Waals surface area contributed by atoms with Gasteiger partial charge in [-0.25, -0.2) is 0 Å². The van der Waals surface area contributed by atoms with Crippen molar-refractivity contribution in [2.75, 3.05) is 25.0 Å². The van der Waals surface area contributed by atoms with Gasteiger partial charge in [0, 0.05) is 31.7 Å². The second-order valence-electron chi connectivity index (χ2n) is 7.92. The van der Waals surface area contributed by atoms with Gasteiger partial charge in [-0.15, -0.1) is 0 Å². The fraction of sp³-hybridized carbons (Fsp3) is 0.375. The number of carbonyl (C=O) groups excluding carboxylic acids is 1. The number of aryl methyl sites for hydroxylation is 2. The summed E-state index contributed by atoms with van der Waals surface area (Å²) in [6, 6.07) is 14.7. The maximum Gasteiger partial charge on any atom is 0.224 e. The monoisotopic (exact) mass is 376 g/mol. The Hall–Kier alpha value is -2.43. The van der Waals surface area contributed by atoms with Gasteiger partial charge < -0.3 is 10.4 Å². The maximum absolute atomic E-state index is 11.5. The molecule has 4 nitrogen and oxygen atoms in total. The fourth-order valence-electron chi connectivity index (χ4n) is 4.03. The van der Waals surface area contributed by atoms with E-state index in [1.807, 2.05) is 18.2 Å². The first-order chi connectivity index (χ1) is 13.6. The lowest BCUT2D eigenvalue weighted by molar-refractivity contribution is -0.116. The lowest BCUT2D eigenvalue weighted by Gasteiger charge is -2.27. The molecule has 0 saturated carbocycles. The van der Waals surface area contributed by atoms with Crippen LogP contribution >= 0.6 is 0 Å². The third-order valence-corrected chi connectivity index (χ3v) is 5.84. The number of amides is 1. The topological polar surface area (TPSA) is 52.6 Å². The van der Waals surface area contributed by atoms with Crippen LogP contribution in [0.1, 0.15) is 47.6 Å². The summed E-state index contributed by atoms with van der Waals surface area (Å²) >= 11 is 0. The fourth-order valence-corrected chi connectivity index (χ4v) is 4.03. The molecule has 146 valence electrons. The molecule has 0 aliphatic carbocycles. The number of anilines is 1. The minimum absolute atomic E-state index is 0.0731. The minimum Gasteiger partial charge on any atom is -0.388 e. The summed E-state index contributed by atoms with van der Waals surface area (Å²) in [6.45, 7) is 4.96. The molecule has 1 amide bonds. The lowest BCUT2D eigenvalue weighted by atomic mass is 9.96. The Morgan fingerprint density at radius 1 is 1.11 bits per heavy atom. The van der Waals surface area contributed by atoms with Gasteiger partial charge in [0.2, 0.25) is 5.91 Å². The molecule has 0 fully saturated rings. The van der Waals surface area contributed by atoms with Crippen LogP contribution in [0.5, 0.6) is 0 Å². The van der Waals surface area contributed by atoms with Gasteiger partial charge in [0.05, 0.1) is 6.10 Å². The summed E-state index contributed by atoms with van der Waals surface area (Å²) < 4.78 is 0. The maximum atomic E-state index is 11.5. The number of aliphatic hydroxyl groups is 1. The summed E-state index contributed by atoms with van der Waals surface area (Å²) in [5.41, 5.74) is 7.00. The average Bonchev–Trinajstić information content (AvgIpc) is 2.72. The highest BCUT2D eigenvalue weighted by atomic mass is 16.3. The second-order valence-corrected chi connectivity index (χ2v) is 7.92. The smallest absolute Gasteiger partial charge is 0.224 e. The Balaban J connectivity index is 1.31. The number of aliphatic hydroxyl groups excluding tert-OH is 1. The van der Waals surface area contributed by atoms with Crippen molar-refractivity contribution in [1.29, 1.82) is 0 Å². The van der Waals surface area contributed by atoms with Crippen LogP contribution in [0.4, 0.5) is 5.69 Å². The standard InChI is InChI=1S/C24H28N2O2/c1-17-2-4-18(5-3-17)19-10-13-26(14-11-19)15-12-23(27)21-6-8-22-20(16-21)7-9-24(28)25-22/h2-6,8,10,16,23,27H,7,9,11-15H2,1H3,(H,25,28). The first-order valence-electron chi connectivity index (χ1n) is 10.2. The van der Waals surface area contributed by atoms with Crippen molar-refractivity contribution in [3.05, 3.63) is 70.8 Å². The number of fused-ring (bicyclic) bond motifs is 1. The van der Waals surface area contributed by atoms with Crippen LogP contribution < -0.4 is 5.32 Å². The zero-order chi connectivity index (χ0) is 19.5. The van der Waals surface area contributed by atoms with E-state index in [2.05, 4.69) is 47.5 Å². The molecule has 0 aromatic heterocycles. The van der Waals surface area contributed by atoms with Crippen LogP contribution in [0.2, 0.25) is 0 Å². The predicted octanol–water partition coefficient (Wildman–Crippen LogP) is 4.09. The van der Waals surface area contributed by atoms with Crippen LogP contribution in [0, 0.1) is 6.92 Å². The van der Waals surface area contributed by atoms with E-state index in [-0.39, 0.29) is 5.91 Å². The number of benzene rings is 2. The molecule has 2 aliphatic rings. The van der Waals surface area contributed by atoms with Crippen molar-refractivity contribution in [3.63, 3.8) is 0 Å². The Morgan fingerprint density at radius 3 is 2.68 bits per heavy atom. The van der Waals surface area contributed by atoms with Crippen molar-refractivity contribution in [1.82, 2.24) is 4.90 Å². The van der Waals surface area contributed by atoms with E-state index in [4.69, 9.17) is 0 Å².